The number of ether oxygens (including phenoxy) is 2. The number of anilines is 1. The van der Waals surface area contributed by atoms with Crippen LogP contribution < -0.4 is 20.1 Å². The number of likely N-dealkylation sites (tertiary alicyclic amines) is 1. The SMILES string of the molecule is O=C1[C@@H]2C(Cc3c[nH]c4ccccc34)NC3(C(=O)Nc4ccc(Cl)cc43)[C@@H]2C(=O)N1Cc1ccc2c(c1)OCO2. The number of nitrogens with zero attached hydrogens (tertiary/aromatic N) is 1. The molecule has 10 heteroatoms. The molecule has 4 aliphatic rings. The van der Waals surface area contributed by atoms with Crippen molar-refractivity contribution in [2.45, 2.75) is 24.5 Å². The van der Waals surface area contributed by atoms with Gasteiger partial charge in [0.05, 0.1) is 18.4 Å². The summed E-state index contributed by atoms with van der Waals surface area (Å²) in [5.74, 6) is -1.51. The minimum Gasteiger partial charge on any atom is -0.454 e. The van der Waals surface area contributed by atoms with Gasteiger partial charge in [-0.15, -0.1) is 0 Å². The first kappa shape index (κ1) is 23.5. The summed E-state index contributed by atoms with van der Waals surface area (Å²) in [7, 11) is 0. The number of halogens is 1. The molecule has 8 rings (SSSR count). The van der Waals surface area contributed by atoms with Crippen molar-refractivity contribution >= 4 is 45.9 Å². The van der Waals surface area contributed by atoms with Gasteiger partial charge in [-0.2, -0.15) is 0 Å². The van der Waals surface area contributed by atoms with Crippen molar-refractivity contribution in [3.8, 4) is 11.5 Å². The van der Waals surface area contributed by atoms with E-state index in [1.165, 1.54) is 4.90 Å². The number of aromatic amines is 1. The van der Waals surface area contributed by atoms with Gasteiger partial charge in [0.15, 0.2) is 11.5 Å². The highest BCUT2D eigenvalue weighted by Gasteiger charge is 2.70. The van der Waals surface area contributed by atoms with Crippen LogP contribution in [0, 0.1) is 11.8 Å². The molecule has 3 amide bonds. The van der Waals surface area contributed by atoms with E-state index in [9.17, 15) is 14.4 Å². The lowest BCUT2D eigenvalue weighted by molar-refractivity contribution is -0.143. The summed E-state index contributed by atoms with van der Waals surface area (Å²) in [5.41, 5.74) is 2.48. The van der Waals surface area contributed by atoms with Crippen LogP contribution in [0.25, 0.3) is 10.9 Å². The third kappa shape index (κ3) is 3.16. The molecular weight excluding hydrogens is 532 g/mol. The molecule has 4 aromatic rings. The molecule has 2 saturated heterocycles. The number of nitrogens with one attached hydrogen (secondary N) is 3. The fraction of sp³-hybridized carbons (Fsp3) is 0.233. The minimum absolute atomic E-state index is 0.0706. The van der Waals surface area contributed by atoms with Gasteiger partial charge in [-0.1, -0.05) is 35.9 Å². The topological polar surface area (TPSA) is 113 Å². The summed E-state index contributed by atoms with van der Waals surface area (Å²) in [6, 6.07) is 18.0. The van der Waals surface area contributed by atoms with Crippen molar-refractivity contribution in [2.24, 2.45) is 11.8 Å². The maximum absolute atomic E-state index is 14.2. The van der Waals surface area contributed by atoms with Gasteiger partial charge in [-0.25, -0.2) is 0 Å². The van der Waals surface area contributed by atoms with E-state index >= 15 is 0 Å². The zero-order chi connectivity index (χ0) is 27.2. The molecule has 0 bridgehead atoms. The first-order valence-electron chi connectivity index (χ1n) is 13.1. The molecular formula is C30H23ClN4O5. The summed E-state index contributed by atoms with van der Waals surface area (Å²) in [6.07, 6.45) is 2.38. The second kappa shape index (κ2) is 8.33. The van der Waals surface area contributed by atoms with Crippen LogP contribution in [0.15, 0.2) is 66.9 Å². The highest BCUT2D eigenvalue weighted by molar-refractivity contribution is 6.31. The molecule has 1 spiro atoms. The molecule has 2 fully saturated rings. The van der Waals surface area contributed by atoms with Gasteiger partial charge in [0.1, 0.15) is 5.54 Å². The van der Waals surface area contributed by atoms with E-state index in [0.717, 1.165) is 22.0 Å². The summed E-state index contributed by atoms with van der Waals surface area (Å²) in [6.45, 7) is 0.201. The molecule has 0 radical (unpaired) electrons. The molecule has 3 N–H and O–H groups in total. The van der Waals surface area contributed by atoms with E-state index in [0.29, 0.717) is 34.2 Å². The van der Waals surface area contributed by atoms with Gasteiger partial charge < -0.3 is 19.8 Å². The van der Waals surface area contributed by atoms with E-state index in [1.54, 1.807) is 30.3 Å². The predicted octanol–water partition coefficient (Wildman–Crippen LogP) is 3.71. The van der Waals surface area contributed by atoms with Crippen molar-refractivity contribution in [1.82, 2.24) is 15.2 Å². The van der Waals surface area contributed by atoms with E-state index in [4.69, 9.17) is 21.1 Å². The minimum atomic E-state index is -1.42. The average Bonchev–Trinajstić information content (AvgIpc) is 3.75. The van der Waals surface area contributed by atoms with E-state index in [2.05, 4.69) is 15.6 Å². The molecule has 5 heterocycles. The number of hydrogen-bond donors (Lipinski definition) is 3. The maximum Gasteiger partial charge on any atom is 0.250 e. The highest BCUT2D eigenvalue weighted by atomic mass is 35.5. The lowest BCUT2D eigenvalue weighted by Gasteiger charge is -2.29. The van der Waals surface area contributed by atoms with E-state index in [-0.39, 0.29) is 31.1 Å². The number of amides is 3. The Morgan fingerprint density at radius 3 is 2.73 bits per heavy atom. The van der Waals surface area contributed by atoms with Gasteiger partial charge in [-0.05, 0) is 53.9 Å². The highest BCUT2D eigenvalue weighted by Crippen LogP contribution is 2.54. The van der Waals surface area contributed by atoms with Crippen molar-refractivity contribution in [3.05, 3.63) is 88.6 Å². The number of hydrogen-bond acceptors (Lipinski definition) is 6. The van der Waals surface area contributed by atoms with E-state index in [1.807, 2.05) is 36.5 Å². The Morgan fingerprint density at radius 1 is 0.975 bits per heavy atom. The fourth-order valence-corrected chi connectivity index (χ4v) is 7.10. The third-order valence-corrected chi connectivity index (χ3v) is 8.90. The Morgan fingerprint density at radius 2 is 1.82 bits per heavy atom. The molecule has 0 aliphatic carbocycles. The second-order valence-electron chi connectivity index (χ2n) is 10.7. The Kier molecular flexibility index (Phi) is 4.90. The predicted molar refractivity (Wildman–Crippen MR) is 146 cm³/mol. The smallest absolute Gasteiger partial charge is 0.250 e. The lowest BCUT2D eigenvalue weighted by atomic mass is 9.76. The number of H-pyrrole nitrogens is 1. The largest absolute Gasteiger partial charge is 0.454 e. The summed E-state index contributed by atoms with van der Waals surface area (Å²) in [5, 5.41) is 7.91. The number of carbonyl (C=O) groups excluding carboxylic acids is 3. The van der Waals surface area contributed by atoms with Crippen LogP contribution in [0.5, 0.6) is 11.5 Å². The Bertz CT molecular complexity index is 1770. The van der Waals surface area contributed by atoms with Gasteiger partial charge in [0, 0.05) is 39.4 Å². The Labute approximate surface area is 233 Å². The molecule has 2 unspecified atom stereocenters. The van der Waals surface area contributed by atoms with Crippen LogP contribution >= 0.6 is 11.6 Å². The van der Waals surface area contributed by atoms with E-state index < -0.39 is 23.4 Å². The molecule has 0 saturated carbocycles. The number of para-hydroxylation sites is 1. The van der Waals surface area contributed by atoms with Crippen LogP contribution in [0.4, 0.5) is 5.69 Å². The third-order valence-electron chi connectivity index (χ3n) is 8.66. The Hall–Kier alpha value is -4.34. The van der Waals surface area contributed by atoms with Crippen LogP contribution in [0.1, 0.15) is 16.7 Å². The molecule has 1 aromatic heterocycles. The first-order chi connectivity index (χ1) is 19.4. The monoisotopic (exact) mass is 554 g/mol. The number of carbonyl (C=O) groups is 3. The number of aromatic nitrogens is 1. The van der Waals surface area contributed by atoms with Gasteiger partial charge in [0.25, 0.3) is 0 Å². The first-order valence-corrected chi connectivity index (χ1v) is 13.5. The van der Waals surface area contributed by atoms with Gasteiger partial charge in [0.2, 0.25) is 24.5 Å². The fourth-order valence-electron chi connectivity index (χ4n) is 6.92. The number of rotatable bonds is 4. The number of fused-ring (bicyclic) bond motifs is 6. The molecule has 4 aliphatic heterocycles. The second-order valence-corrected chi connectivity index (χ2v) is 11.2. The quantitative estimate of drug-likeness (QED) is 0.332. The van der Waals surface area contributed by atoms with Crippen LogP contribution in [0.2, 0.25) is 5.02 Å². The van der Waals surface area contributed by atoms with Crippen molar-refractivity contribution in [2.75, 3.05) is 12.1 Å². The normalized spacial score (nSPS) is 26.2. The zero-order valence-electron chi connectivity index (χ0n) is 21.1. The average molecular weight is 555 g/mol. The standard InChI is InChI=1S/C30H23ClN4O5/c31-17-6-7-21-19(11-17)30(29(38)33-21)26-25(22(34-30)10-16-12-32-20-4-2-1-3-18(16)20)27(36)35(28(26)37)13-15-5-8-23-24(9-15)40-14-39-23/h1-9,11-12,22,25-26,32,34H,10,13-14H2,(H,33,38)/t22?,25-,26+,30?/m1/s1. The van der Waals surface area contributed by atoms with Crippen molar-refractivity contribution < 1.29 is 23.9 Å². The van der Waals surface area contributed by atoms with Crippen molar-refractivity contribution in [1.29, 1.82) is 0 Å². The lowest BCUT2D eigenvalue weighted by Crippen LogP contribution is -2.53. The van der Waals surface area contributed by atoms with Crippen LogP contribution in [-0.2, 0) is 32.9 Å². The van der Waals surface area contributed by atoms with Crippen molar-refractivity contribution in [3.63, 3.8) is 0 Å². The maximum atomic E-state index is 14.2. The van der Waals surface area contributed by atoms with Gasteiger partial charge in [-0.3, -0.25) is 24.6 Å². The Balaban J connectivity index is 1.22. The number of benzene rings is 3. The summed E-state index contributed by atoms with van der Waals surface area (Å²) < 4.78 is 10.9. The zero-order valence-corrected chi connectivity index (χ0v) is 21.8. The molecule has 9 nitrogen and oxygen atoms in total. The summed E-state index contributed by atoms with van der Waals surface area (Å²) in [4.78, 5) is 46.6. The van der Waals surface area contributed by atoms with Gasteiger partial charge >= 0.3 is 0 Å². The van der Waals surface area contributed by atoms with Crippen LogP contribution in [-0.4, -0.2) is 40.4 Å². The summed E-state index contributed by atoms with van der Waals surface area (Å²) >= 11 is 6.38. The molecule has 200 valence electrons. The molecule has 4 atom stereocenters. The molecule has 3 aromatic carbocycles. The molecule has 40 heavy (non-hydrogen) atoms. The number of imide groups is 1. The van der Waals surface area contributed by atoms with Crippen LogP contribution in [0.3, 0.4) is 0 Å².